The van der Waals surface area contributed by atoms with Crippen LogP contribution in [0, 0.1) is 12.3 Å². The van der Waals surface area contributed by atoms with Crippen molar-refractivity contribution in [3.63, 3.8) is 0 Å². The highest BCUT2D eigenvalue weighted by Crippen LogP contribution is 2.45. The molecule has 1 saturated carbocycles. The van der Waals surface area contributed by atoms with Crippen LogP contribution in [-0.2, 0) is 11.3 Å². The molecular formula is C13H17NO2. The van der Waals surface area contributed by atoms with E-state index in [0.717, 1.165) is 19.4 Å². The van der Waals surface area contributed by atoms with Gasteiger partial charge in [-0.3, -0.25) is 4.79 Å². The normalized spacial score (nSPS) is 17.1. The van der Waals surface area contributed by atoms with E-state index in [1.807, 2.05) is 0 Å². The molecule has 0 aliphatic heterocycles. The Labute approximate surface area is 95.5 Å². The van der Waals surface area contributed by atoms with E-state index in [4.69, 9.17) is 5.11 Å². The van der Waals surface area contributed by atoms with Gasteiger partial charge < -0.3 is 10.4 Å². The Morgan fingerprint density at radius 2 is 2.00 bits per heavy atom. The summed E-state index contributed by atoms with van der Waals surface area (Å²) in [6.45, 7) is 3.38. The minimum atomic E-state index is -0.663. The van der Waals surface area contributed by atoms with E-state index in [1.54, 1.807) is 0 Å². The maximum Gasteiger partial charge on any atom is 0.310 e. The minimum Gasteiger partial charge on any atom is -0.481 e. The topological polar surface area (TPSA) is 49.3 Å². The summed E-state index contributed by atoms with van der Waals surface area (Å²) in [6.07, 6.45) is 1.62. The predicted molar refractivity (Wildman–Crippen MR) is 62.2 cm³/mol. The molecule has 1 fully saturated rings. The second-order valence-corrected chi connectivity index (χ2v) is 4.67. The van der Waals surface area contributed by atoms with Crippen molar-refractivity contribution >= 4 is 5.97 Å². The number of hydrogen-bond acceptors (Lipinski definition) is 2. The lowest BCUT2D eigenvalue weighted by molar-refractivity contribution is -0.143. The van der Waals surface area contributed by atoms with Gasteiger partial charge >= 0.3 is 5.97 Å². The summed E-state index contributed by atoms with van der Waals surface area (Å²) >= 11 is 0. The third kappa shape index (κ3) is 2.42. The molecule has 0 spiro atoms. The smallest absolute Gasteiger partial charge is 0.310 e. The monoisotopic (exact) mass is 219 g/mol. The van der Waals surface area contributed by atoms with Gasteiger partial charge in [0.15, 0.2) is 0 Å². The van der Waals surface area contributed by atoms with E-state index in [9.17, 15) is 4.79 Å². The lowest BCUT2D eigenvalue weighted by Crippen LogP contribution is -2.29. The molecule has 2 N–H and O–H groups in total. The van der Waals surface area contributed by atoms with Crippen molar-refractivity contribution in [2.75, 3.05) is 6.54 Å². The largest absolute Gasteiger partial charge is 0.481 e. The standard InChI is InChI=1S/C13H17NO2/c1-10-2-4-11(5-3-10)8-14-9-13(6-7-13)12(15)16/h2-5,14H,6-9H2,1H3,(H,15,16). The maximum absolute atomic E-state index is 10.9. The van der Waals surface area contributed by atoms with E-state index in [0.29, 0.717) is 6.54 Å². The number of hydrogen-bond donors (Lipinski definition) is 2. The van der Waals surface area contributed by atoms with Crippen molar-refractivity contribution in [3.05, 3.63) is 35.4 Å². The highest BCUT2D eigenvalue weighted by Gasteiger charge is 2.49. The second kappa shape index (κ2) is 4.26. The van der Waals surface area contributed by atoms with Gasteiger partial charge in [0, 0.05) is 13.1 Å². The summed E-state index contributed by atoms with van der Waals surface area (Å²) in [7, 11) is 0. The van der Waals surface area contributed by atoms with Gasteiger partial charge in [0.2, 0.25) is 0 Å². The van der Waals surface area contributed by atoms with Crippen molar-refractivity contribution in [1.82, 2.24) is 5.32 Å². The fourth-order valence-corrected chi connectivity index (χ4v) is 1.77. The Balaban J connectivity index is 1.80. The first-order chi connectivity index (χ1) is 7.62. The van der Waals surface area contributed by atoms with Crippen LogP contribution in [0.5, 0.6) is 0 Å². The highest BCUT2D eigenvalue weighted by molar-refractivity contribution is 5.78. The van der Waals surface area contributed by atoms with Gasteiger partial charge in [-0.1, -0.05) is 29.8 Å². The van der Waals surface area contributed by atoms with Crippen molar-refractivity contribution < 1.29 is 9.90 Å². The zero-order valence-corrected chi connectivity index (χ0v) is 9.49. The number of aliphatic carboxylic acids is 1. The van der Waals surface area contributed by atoms with E-state index < -0.39 is 11.4 Å². The molecule has 2 rings (SSSR count). The number of aryl methyl sites for hydroxylation is 1. The molecule has 1 aliphatic carbocycles. The summed E-state index contributed by atoms with van der Waals surface area (Å²) in [5, 5.41) is 12.2. The Morgan fingerprint density at radius 3 is 2.50 bits per heavy atom. The lowest BCUT2D eigenvalue weighted by atomic mass is 10.1. The van der Waals surface area contributed by atoms with Gasteiger partial charge in [-0.2, -0.15) is 0 Å². The Morgan fingerprint density at radius 1 is 1.38 bits per heavy atom. The SMILES string of the molecule is Cc1ccc(CNCC2(C(=O)O)CC2)cc1. The Kier molecular flexibility index (Phi) is 2.97. The van der Waals surface area contributed by atoms with Crippen LogP contribution in [0.2, 0.25) is 0 Å². The van der Waals surface area contributed by atoms with Crippen LogP contribution in [0.1, 0.15) is 24.0 Å². The average molecular weight is 219 g/mol. The van der Waals surface area contributed by atoms with Crippen LogP contribution in [0.3, 0.4) is 0 Å². The number of nitrogens with one attached hydrogen (secondary N) is 1. The lowest BCUT2D eigenvalue weighted by Gasteiger charge is -2.11. The third-order valence-corrected chi connectivity index (χ3v) is 3.22. The molecule has 0 amide bonds. The molecule has 0 saturated heterocycles. The molecule has 16 heavy (non-hydrogen) atoms. The van der Waals surface area contributed by atoms with Crippen LogP contribution < -0.4 is 5.32 Å². The quantitative estimate of drug-likeness (QED) is 0.795. The number of carbonyl (C=O) groups is 1. The molecule has 0 atom stereocenters. The van der Waals surface area contributed by atoms with Crippen molar-refractivity contribution in [2.24, 2.45) is 5.41 Å². The predicted octanol–water partition coefficient (Wildman–Crippen LogP) is 1.95. The minimum absolute atomic E-state index is 0.468. The van der Waals surface area contributed by atoms with E-state index in [2.05, 4.69) is 36.5 Å². The molecule has 0 radical (unpaired) electrons. The summed E-state index contributed by atoms with van der Waals surface area (Å²) in [6, 6.07) is 8.29. The van der Waals surface area contributed by atoms with E-state index in [1.165, 1.54) is 11.1 Å². The molecule has 0 unspecified atom stereocenters. The van der Waals surface area contributed by atoms with Gasteiger partial charge in [-0.25, -0.2) is 0 Å². The number of carboxylic acids is 1. The van der Waals surface area contributed by atoms with Crippen molar-refractivity contribution in [3.8, 4) is 0 Å². The van der Waals surface area contributed by atoms with Crippen LogP contribution in [0.15, 0.2) is 24.3 Å². The van der Waals surface area contributed by atoms with Gasteiger partial charge in [-0.05, 0) is 25.3 Å². The van der Waals surface area contributed by atoms with Gasteiger partial charge in [0.1, 0.15) is 0 Å². The summed E-state index contributed by atoms with van der Waals surface area (Å²) in [5.74, 6) is -0.663. The second-order valence-electron chi connectivity index (χ2n) is 4.67. The maximum atomic E-state index is 10.9. The number of benzene rings is 1. The van der Waals surface area contributed by atoms with E-state index >= 15 is 0 Å². The molecule has 0 heterocycles. The summed E-state index contributed by atoms with van der Waals surface area (Å²) in [4.78, 5) is 10.9. The first kappa shape index (κ1) is 11.1. The zero-order chi connectivity index (χ0) is 11.6. The molecule has 1 aromatic rings. The number of carboxylic acid groups (broad SMARTS) is 1. The van der Waals surface area contributed by atoms with Crippen LogP contribution in [-0.4, -0.2) is 17.6 Å². The van der Waals surface area contributed by atoms with Crippen LogP contribution in [0.4, 0.5) is 0 Å². The number of rotatable bonds is 5. The summed E-state index contributed by atoms with van der Waals surface area (Å²) in [5.41, 5.74) is 1.98. The third-order valence-electron chi connectivity index (χ3n) is 3.22. The molecule has 3 nitrogen and oxygen atoms in total. The van der Waals surface area contributed by atoms with Crippen molar-refractivity contribution in [1.29, 1.82) is 0 Å². The molecule has 1 aliphatic rings. The van der Waals surface area contributed by atoms with Gasteiger partial charge in [0.25, 0.3) is 0 Å². The fourth-order valence-electron chi connectivity index (χ4n) is 1.77. The molecular weight excluding hydrogens is 202 g/mol. The molecule has 1 aromatic carbocycles. The Hall–Kier alpha value is -1.35. The van der Waals surface area contributed by atoms with Gasteiger partial charge in [-0.15, -0.1) is 0 Å². The fraction of sp³-hybridized carbons (Fsp3) is 0.462. The van der Waals surface area contributed by atoms with Gasteiger partial charge in [0.05, 0.1) is 5.41 Å². The molecule has 3 heteroatoms. The Bertz CT molecular complexity index is 379. The van der Waals surface area contributed by atoms with E-state index in [-0.39, 0.29) is 0 Å². The highest BCUT2D eigenvalue weighted by atomic mass is 16.4. The van der Waals surface area contributed by atoms with Crippen molar-refractivity contribution in [2.45, 2.75) is 26.3 Å². The summed E-state index contributed by atoms with van der Waals surface area (Å²) < 4.78 is 0. The average Bonchev–Trinajstić information content (AvgIpc) is 3.02. The first-order valence-electron chi connectivity index (χ1n) is 5.62. The van der Waals surface area contributed by atoms with Crippen LogP contribution >= 0.6 is 0 Å². The first-order valence-corrected chi connectivity index (χ1v) is 5.62. The molecule has 0 bridgehead atoms. The molecule has 0 aromatic heterocycles. The zero-order valence-electron chi connectivity index (χ0n) is 9.49. The van der Waals surface area contributed by atoms with Crippen LogP contribution in [0.25, 0.3) is 0 Å². The molecule has 86 valence electrons.